The van der Waals surface area contributed by atoms with Gasteiger partial charge in [-0.15, -0.1) is 23.1 Å². The van der Waals surface area contributed by atoms with E-state index in [-0.39, 0.29) is 16.7 Å². The average molecular weight is 387 g/mol. The quantitative estimate of drug-likeness (QED) is 0.786. The zero-order valence-electron chi connectivity index (χ0n) is 14.8. The molecule has 6 heteroatoms. The van der Waals surface area contributed by atoms with Gasteiger partial charge in [0.25, 0.3) is 11.8 Å². The van der Waals surface area contributed by atoms with Crippen LogP contribution in [0.1, 0.15) is 38.4 Å². The highest BCUT2D eigenvalue weighted by molar-refractivity contribution is 8.00. The first-order valence-corrected chi connectivity index (χ1v) is 10.8. The van der Waals surface area contributed by atoms with E-state index in [9.17, 15) is 9.59 Å². The van der Waals surface area contributed by atoms with Crippen molar-refractivity contribution in [3.8, 4) is 0 Å². The number of hydrogen-bond acceptors (Lipinski definition) is 4. The predicted octanol–water partition coefficient (Wildman–Crippen LogP) is 3.88. The molecule has 4 nitrogen and oxygen atoms in total. The van der Waals surface area contributed by atoms with Crippen molar-refractivity contribution in [3.05, 3.63) is 57.8 Å². The summed E-state index contributed by atoms with van der Waals surface area (Å²) in [5, 5.41) is 1.94. The minimum absolute atomic E-state index is 0.120. The Morgan fingerprint density at radius 3 is 2.46 bits per heavy atom. The summed E-state index contributed by atoms with van der Waals surface area (Å²) in [7, 11) is 0. The number of thiophene rings is 1. The first-order chi connectivity index (χ1) is 12.6. The van der Waals surface area contributed by atoms with Crippen LogP contribution in [0.25, 0.3) is 0 Å². The van der Waals surface area contributed by atoms with Crippen LogP contribution in [0.5, 0.6) is 0 Å². The van der Waals surface area contributed by atoms with Gasteiger partial charge in [-0.25, -0.2) is 0 Å². The Morgan fingerprint density at radius 2 is 1.77 bits per heavy atom. The Labute approximate surface area is 162 Å². The van der Waals surface area contributed by atoms with E-state index in [2.05, 4.69) is 4.90 Å². The predicted molar refractivity (Wildman–Crippen MR) is 107 cm³/mol. The number of hydrogen-bond donors (Lipinski definition) is 0. The fourth-order valence-corrected chi connectivity index (χ4v) is 6.03. The van der Waals surface area contributed by atoms with Gasteiger partial charge in [-0.05, 0) is 42.8 Å². The molecule has 2 saturated heterocycles. The summed E-state index contributed by atoms with van der Waals surface area (Å²) in [5.41, 5.74) is 1.82. The summed E-state index contributed by atoms with van der Waals surface area (Å²) in [4.78, 5) is 30.4. The van der Waals surface area contributed by atoms with E-state index in [0.29, 0.717) is 13.1 Å². The summed E-state index contributed by atoms with van der Waals surface area (Å²) in [6.07, 6.45) is 1.68. The van der Waals surface area contributed by atoms with E-state index in [1.165, 1.54) is 11.3 Å². The largest absolute Gasteiger partial charge is 0.338 e. The van der Waals surface area contributed by atoms with Gasteiger partial charge in [0.05, 0.1) is 9.75 Å². The zero-order valence-corrected chi connectivity index (χ0v) is 16.4. The van der Waals surface area contributed by atoms with Gasteiger partial charge in [0.2, 0.25) is 0 Å². The van der Waals surface area contributed by atoms with Gasteiger partial charge in [-0.2, -0.15) is 0 Å². The minimum Gasteiger partial charge on any atom is -0.338 e. The van der Waals surface area contributed by atoms with Gasteiger partial charge in [0, 0.05) is 31.0 Å². The van der Waals surface area contributed by atoms with Crippen molar-refractivity contribution in [1.29, 1.82) is 0 Å². The number of benzene rings is 1. The maximum absolute atomic E-state index is 13.2. The standard InChI is InChI=1S/C20H22N2O2S2/c1-15-5-2-3-6-16(15)18(23)22-12-14-26-20(22)8-10-21(11-9-20)19(24)17-7-4-13-25-17/h2-7,13H,8-12,14H2,1H3. The van der Waals surface area contributed by atoms with E-state index >= 15 is 0 Å². The molecule has 0 saturated carbocycles. The summed E-state index contributed by atoms with van der Waals surface area (Å²) >= 11 is 3.38. The van der Waals surface area contributed by atoms with E-state index in [1.54, 1.807) is 0 Å². The van der Waals surface area contributed by atoms with E-state index in [0.717, 1.165) is 41.1 Å². The molecule has 4 rings (SSSR count). The zero-order chi connectivity index (χ0) is 18.1. The third kappa shape index (κ3) is 3.05. The maximum Gasteiger partial charge on any atom is 0.263 e. The van der Waals surface area contributed by atoms with Gasteiger partial charge in [0.15, 0.2) is 0 Å². The molecule has 1 spiro atoms. The van der Waals surface area contributed by atoms with Crippen molar-refractivity contribution < 1.29 is 9.59 Å². The summed E-state index contributed by atoms with van der Waals surface area (Å²) in [5.74, 6) is 1.22. The van der Waals surface area contributed by atoms with Crippen LogP contribution in [0.4, 0.5) is 0 Å². The second-order valence-corrected chi connectivity index (χ2v) is 9.24. The molecule has 0 N–H and O–H groups in total. The molecule has 0 bridgehead atoms. The van der Waals surface area contributed by atoms with Gasteiger partial charge >= 0.3 is 0 Å². The Kier molecular flexibility index (Phi) is 4.80. The summed E-state index contributed by atoms with van der Waals surface area (Å²) in [6.45, 7) is 4.20. The van der Waals surface area contributed by atoms with Crippen molar-refractivity contribution in [3.63, 3.8) is 0 Å². The minimum atomic E-state index is -0.161. The number of thioether (sulfide) groups is 1. The summed E-state index contributed by atoms with van der Waals surface area (Å²) in [6, 6.07) is 11.6. The number of carbonyl (C=O) groups is 2. The highest BCUT2D eigenvalue weighted by Crippen LogP contribution is 2.44. The molecule has 0 atom stereocenters. The van der Waals surface area contributed by atoms with Crippen molar-refractivity contribution in [2.75, 3.05) is 25.4 Å². The average Bonchev–Trinajstić information content (AvgIpc) is 3.32. The van der Waals surface area contributed by atoms with E-state index < -0.39 is 0 Å². The number of carbonyl (C=O) groups excluding carboxylic acids is 2. The number of amides is 2. The van der Waals surface area contributed by atoms with Crippen LogP contribution in [0, 0.1) is 6.92 Å². The number of aryl methyl sites for hydroxylation is 1. The molecule has 0 unspecified atom stereocenters. The highest BCUT2D eigenvalue weighted by atomic mass is 32.2. The Hall–Kier alpha value is -1.79. The van der Waals surface area contributed by atoms with Crippen molar-refractivity contribution in [2.45, 2.75) is 24.6 Å². The lowest BCUT2D eigenvalue weighted by Crippen LogP contribution is -2.53. The van der Waals surface area contributed by atoms with Crippen LogP contribution in [0.2, 0.25) is 0 Å². The van der Waals surface area contributed by atoms with Crippen molar-refractivity contribution in [2.24, 2.45) is 0 Å². The normalized spacial score (nSPS) is 19.1. The number of piperidine rings is 1. The number of nitrogens with zero attached hydrogens (tertiary/aromatic N) is 2. The SMILES string of the molecule is Cc1ccccc1C(=O)N1CCSC12CCN(C(=O)c1cccs1)CC2. The van der Waals surface area contributed by atoms with Crippen LogP contribution in [-0.2, 0) is 0 Å². The van der Waals surface area contributed by atoms with E-state index in [4.69, 9.17) is 0 Å². The first kappa shape index (κ1) is 17.6. The van der Waals surface area contributed by atoms with Crippen LogP contribution in [-0.4, -0.2) is 51.9 Å². The maximum atomic E-state index is 13.2. The van der Waals surface area contributed by atoms with E-state index in [1.807, 2.05) is 65.4 Å². The van der Waals surface area contributed by atoms with Crippen molar-refractivity contribution >= 4 is 34.9 Å². The Morgan fingerprint density at radius 1 is 1.00 bits per heavy atom. The van der Waals surface area contributed by atoms with Gasteiger partial charge in [-0.3, -0.25) is 9.59 Å². The third-order valence-corrected chi connectivity index (χ3v) is 7.77. The van der Waals surface area contributed by atoms with Crippen LogP contribution >= 0.6 is 23.1 Å². The third-order valence-electron chi connectivity index (χ3n) is 5.36. The van der Waals surface area contributed by atoms with Crippen molar-refractivity contribution in [1.82, 2.24) is 9.80 Å². The second kappa shape index (κ2) is 7.08. The molecule has 2 amide bonds. The molecule has 2 aliphatic rings. The molecule has 3 heterocycles. The molecule has 0 aliphatic carbocycles. The van der Waals surface area contributed by atoms with Gasteiger partial charge < -0.3 is 9.80 Å². The smallest absolute Gasteiger partial charge is 0.263 e. The monoisotopic (exact) mass is 386 g/mol. The molecule has 1 aromatic carbocycles. The van der Waals surface area contributed by atoms with Crippen LogP contribution in [0.3, 0.4) is 0 Å². The summed E-state index contributed by atoms with van der Waals surface area (Å²) < 4.78 is 0. The topological polar surface area (TPSA) is 40.6 Å². The number of rotatable bonds is 2. The first-order valence-electron chi connectivity index (χ1n) is 8.95. The highest BCUT2D eigenvalue weighted by Gasteiger charge is 2.47. The van der Waals surface area contributed by atoms with Gasteiger partial charge in [-0.1, -0.05) is 24.3 Å². The Balaban J connectivity index is 1.49. The van der Waals surface area contributed by atoms with Crippen LogP contribution < -0.4 is 0 Å². The molecule has 2 fully saturated rings. The lowest BCUT2D eigenvalue weighted by atomic mass is 9.99. The fraction of sp³-hybridized carbons (Fsp3) is 0.400. The number of likely N-dealkylation sites (tertiary alicyclic amines) is 1. The van der Waals surface area contributed by atoms with Gasteiger partial charge in [0.1, 0.15) is 0 Å². The van der Waals surface area contributed by atoms with Crippen LogP contribution in [0.15, 0.2) is 41.8 Å². The lowest BCUT2D eigenvalue weighted by Gasteiger charge is -2.44. The molecule has 1 aromatic heterocycles. The molecule has 0 radical (unpaired) electrons. The fourth-order valence-electron chi connectivity index (χ4n) is 3.88. The molecular formula is C20H22N2O2S2. The lowest BCUT2D eigenvalue weighted by molar-refractivity contribution is 0.0499. The molecule has 2 aliphatic heterocycles. The molecular weight excluding hydrogens is 364 g/mol. The molecule has 26 heavy (non-hydrogen) atoms. The molecule has 2 aromatic rings. The Bertz CT molecular complexity index is 811. The second-order valence-electron chi connectivity index (χ2n) is 6.84. The molecule has 136 valence electrons.